The molecular weight excluding hydrogens is 923 g/mol. The third-order valence-electron chi connectivity index (χ3n) is 14.0. The molecule has 7 atom stereocenters. The Morgan fingerprint density at radius 3 is 1.24 bits per heavy atom. The Morgan fingerprint density at radius 1 is 0.473 bits per heavy atom. The van der Waals surface area contributed by atoms with Crippen LogP contribution in [0.1, 0.15) is 251 Å². The monoisotopic (exact) mass is 1040 g/mol. The molecule has 7 unspecified atom stereocenters. The summed E-state index contributed by atoms with van der Waals surface area (Å²) in [6.45, 7) is 3.72. The highest BCUT2D eigenvalue weighted by Gasteiger charge is 2.44. The van der Waals surface area contributed by atoms with Gasteiger partial charge in [-0.15, -0.1) is 0 Å². The average Bonchev–Trinajstić information content (AvgIpc) is 3.40. The summed E-state index contributed by atoms with van der Waals surface area (Å²) in [5, 5.41) is 54.8. The van der Waals surface area contributed by atoms with E-state index in [1.54, 1.807) is 0 Å². The van der Waals surface area contributed by atoms with Gasteiger partial charge in [-0.05, 0) is 77.0 Å². The van der Waals surface area contributed by atoms with E-state index in [0.29, 0.717) is 12.8 Å². The smallest absolute Gasteiger partial charge is 0.220 e. The minimum absolute atomic E-state index is 0.154. The summed E-state index contributed by atoms with van der Waals surface area (Å²) in [5.41, 5.74) is 0. The number of carbonyl (C=O) groups excluding carboxylic acids is 1. The summed E-state index contributed by atoms with van der Waals surface area (Å²) in [4.78, 5) is 13.1. The van der Waals surface area contributed by atoms with Crippen LogP contribution in [-0.4, -0.2) is 87.5 Å². The lowest BCUT2D eigenvalue weighted by Gasteiger charge is -2.40. The highest BCUT2D eigenvalue weighted by atomic mass is 16.7. The fourth-order valence-corrected chi connectivity index (χ4v) is 9.18. The Labute approximate surface area is 453 Å². The number of unbranched alkanes of at least 4 members (excludes halogenated alkanes) is 25. The summed E-state index contributed by atoms with van der Waals surface area (Å²) in [5.74, 6) is -0.170. The molecule has 9 nitrogen and oxygen atoms in total. The molecule has 74 heavy (non-hydrogen) atoms. The number of nitrogens with one attached hydrogen (secondary N) is 1. The zero-order valence-electron chi connectivity index (χ0n) is 47.3. The molecule has 0 aromatic rings. The number of hydrogen-bond acceptors (Lipinski definition) is 8. The van der Waals surface area contributed by atoms with Crippen LogP contribution in [0.15, 0.2) is 97.2 Å². The summed E-state index contributed by atoms with van der Waals surface area (Å²) in [6, 6.07) is -0.741. The van der Waals surface area contributed by atoms with Crippen LogP contribution < -0.4 is 5.32 Å². The van der Waals surface area contributed by atoms with Crippen molar-refractivity contribution in [1.82, 2.24) is 5.32 Å². The molecule has 0 aromatic carbocycles. The van der Waals surface area contributed by atoms with Gasteiger partial charge in [-0.25, -0.2) is 0 Å². The minimum Gasteiger partial charge on any atom is -0.394 e. The third-order valence-corrected chi connectivity index (χ3v) is 14.0. The van der Waals surface area contributed by atoms with E-state index in [1.165, 1.54) is 122 Å². The van der Waals surface area contributed by atoms with Gasteiger partial charge in [-0.1, -0.05) is 265 Å². The molecule has 6 N–H and O–H groups in total. The van der Waals surface area contributed by atoms with Crippen molar-refractivity contribution in [2.75, 3.05) is 13.2 Å². The number of carbonyl (C=O) groups is 1. The van der Waals surface area contributed by atoms with Crippen LogP contribution in [0.5, 0.6) is 0 Å². The summed E-state index contributed by atoms with van der Waals surface area (Å²) in [6.07, 6.45) is 70.0. The van der Waals surface area contributed by atoms with E-state index in [2.05, 4.69) is 116 Å². The molecule has 1 saturated heterocycles. The van der Waals surface area contributed by atoms with Crippen LogP contribution in [0, 0.1) is 0 Å². The molecule has 0 aromatic heterocycles. The van der Waals surface area contributed by atoms with Gasteiger partial charge in [0.25, 0.3) is 0 Å². The van der Waals surface area contributed by atoms with Gasteiger partial charge >= 0.3 is 0 Å². The second-order valence-corrected chi connectivity index (χ2v) is 20.8. The molecular formula is C65H113NO8. The fraction of sp³-hybridized carbons (Fsp3) is 0.738. The largest absolute Gasteiger partial charge is 0.394 e. The predicted octanol–water partition coefficient (Wildman–Crippen LogP) is 15.6. The van der Waals surface area contributed by atoms with Gasteiger partial charge < -0.3 is 40.3 Å². The molecule has 1 aliphatic heterocycles. The van der Waals surface area contributed by atoms with E-state index in [4.69, 9.17) is 9.47 Å². The van der Waals surface area contributed by atoms with Gasteiger partial charge in [-0.3, -0.25) is 4.79 Å². The van der Waals surface area contributed by atoms with E-state index in [1.807, 2.05) is 0 Å². The topological polar surface area (TPSA) is 149 Å². The predicted molar refractivity (Wildman–Crippen MR) is 313 cm³/mol. The molecule has 1 aliphatic rings. The van der Waals surface area contributed by atoms with E-state index < -0.39 is 49.5 Å². The van der Waals surface area contributed by atoms with Crippen molar-refractivity contribution in [3.05, 3.63) is 97.2 Å². The van der Waals surface area contributed by atoms with Crippen LogP contribution >= 0.6 is 0 Å². The molecule has 0 spiro atoms. The molecule has 0 saturated carbocycles. The molecule has 1 rings (SSSR count). The fourth-order valence-electron chi connectivity index (χ4n) is 9.18. The van der Waals surface area contributed by atoms with Crippen molar-refractivity contribution < 1.29 is 39.8 Å². The van der Waals surface area contributed by atoms with Crippen LogP contribution in [0.3, 0.4) is 0 Å². The summed E-state index contributed by atoms with van der Waals surface area (Å²) >= 11 is 0. The van der Waals surface area contributed by atoms with Crippen LogP contribution in [0.2, 0.25) is 0 Å². The van der Waals surface area contributed by atoms with E-state index in [-0.39, 0.29) is 12.5 Å². The SMILES string of the molecule is CC/C=C\C/C=C\C/C=C\C/C=C\C/C=C\C/C=C\C/C=C\C/C=C\CCCCCCC(=O)NC(COC1OC(CO)C(O)C(O)C1O)C(O)CCCCCCCCCCCCCCCCCCCCCCCC. The van der Waals surface area contributed by atoms with E-state index in [9.17, 15) is 30.3 Å². The maximum Gasteiger partial charge on any atom is 0.220 e. The quantitative estimate of drug-likeness (QED) is 0.0261. The Balaban J connectivity index is 2.24. The van der Waals surface area contributed by atoms with Gasteiger partial charge in [0.15, 0.2) is 6.29 Å². The Bertz CT molecular complexity index is 1480. The third kappa shape index (κ3) is 42.2. The van der Waals surface area contributed by atoms with Gasteiger partial charge in [0.1, 0.15) is 24.4 Å². The number of aliphatic hydroxyl groups excluding tert-OH is 5. The number of allylic oxidation sites excluding steroid dienone is 16. The Morgan fingerprint density at radius 2 is 0.838 bits per heavy atom. The lowest BCUT2D eigenvalue weighted by molar-refractivity contribution is -0.302. The summed E-state index contributed by atoms with van der Waals surface area (Å²) in [7, 11) is 0. The van der Waals surface area contributed by atoms with Crippen LogP contribution in [0.4, 0.5) is 0 Å². The molecule has 0 aliphatic carbocycles. The minimum atomic E-state index is -1.56. The maximum atomic E-state index is 13.1. The van der Waals surface area contributed by atoms with Crippen molar-refractivity contribution in [2.45, 2.75) is 294 Å². The number of amides is 1. The van der Waals surface area contributed by atoms with Gasteiger partial charge in [-0.2, -0.15) is 0 Å². The number of ether oxygens (including phenoxy) is 2. The number of hydrogen-bond donors (Lipinski definition) is 6. The first kappa shape index (κ1) is 69.1. The summed E-state index contributed by atoms with van der Waals surface area (Å²) < 4.78 is 11.3. The molecule has 1 fully saturated rings. The maximum absolute atomic E-state index is 13.1. The lowest BCUT2D eigenvalue weighted by Crippen LogP contribution is -2.60. The first-order chi connectivity index (χ1) is 36.3. The highest BCUT2D eigenvalue weighted by molar-refractivity contribution is 5.76. The van der Waals surface area contributed by atoms with Crippen molar-refractivity contribution >= 4 is 5.91 Å². The molecule has 1 amide bonds. The van der Waals surface area contributed by atoms with Crippen molar-refractivity contribution in [3.8, 4) is 0 Å². The highest BCUT2D eigenvalue weighted by Crippen LogP contribution is 2.23. The molecule has 9 heteroatoms. The standard InChI is InChI=1S/C65H113NO8/c1-3-5-7-9-11-13-15-17-19-21-23-25-27-28-29-30-31-32-33-35-37-39-41-43-45-47-49-51-53-55-61(69)66-58(57-73-65-64(72)63(71)62(70)60(56-67)74-65)59(68)54-52-50-48-46-44-42-40-38-36-34-26-24-22-20-18-16-14-12-10-8-6-4-2/h5,7,11,13,17,19,23,25,28-29,31-32,35,37,41,43,58-60,62-65,67-68,70-72H,3-4,6,8-10,12,14-16,18,20-22,24,26-27,30,33-34,36,38-40,42,44-57H2,1-2H3,(H,66,69)/b7-5-,13-11-,19-17-,25-23-,29-28-,32-31-,37-35-,43-41-. The van der Waals surface area contributed by atoms with Gasteiger partial charge in [0, 0.05) is 6.42 Å². The second-order valence-electron chi connectivity index (χ2n) is 20.8. The Kier molecular flexibility index (Phi) is 50.0. The Hall–Kier alpha value is -2.89. The van der Waals surface area contributed by atoms with E-state index >= 15 is 0 Å². The van der Waals surface area contributed by atoms with Crippen LogP contribution in [0.25, 0.3) is 0 Å². The lowest BCUT2D eigenvalue weighted by atomic mass is 9.99. The first-order valence-corrected chi connectivity index (χ1v) is 30.4. The van der Waals surface area contributed by atoms with Crippen molar-refractivity contribution in [3.63, 3.8) is 0 Å². The van der Waals surface area contributed by atoms with Crippen LogP contribution in [-0.2, 0) is 14.3 Å². The molecule has 426 valence electrons. The average molecular weight is 1040 g/mol. The molecule has 1 heterocycles. The van der Waals surface area contributed by atoms with E-state index in [0.717, 1.165) is 103 Å². The van der Waals surface area contributed by atoms with Crippen molar-refractivity contribution in [2.24, 2.45) is 0 Å². The normalized spacial score (nSPS) is 19.7. The zero-order valence-corrected chi connectivity index (χ0v) is 47.3. The second kappa shape index (κ2) is 53.5. The van der Waals surface area contributed by atoms with Gasteiger partial charge in [0.2, 0.25) is 5.91 Å². The zero-order chi connectivity index (χ0) is 53.6. The molecule has 0 radical (unpaired) electrons. The van der Waals surface area contributed by atoms with Gasteiger partial charge in [0.05, 0.1) is 25.4 Å². The number of rotatable bonds is 51. The number of aliphatic hydroxyl groups is 5. The van der Waals surface area contributed by atoms with Crippen molar-refractivity contribution in [1.29, 1.82) is 0 Å². The molecule has 0 bridgehead atoms. The first-order valence-electron chi connectivity index (χ1n) is 30.4.